The molecule has 0 aliphatic heterocycles. The van der Waals surface area contributed by atoms with Gasteiger partial charge in [0.2, 0.25) is 0 Å². The Kier molecular flexibility index (Phi) is 1.90. The quantitative estimate of drug-likeness (QED) is 0.281. The first-order valence-corrected chi connectivity index (χ1v) is 0.947. The van der Waals surface area contributed by atoms with Crippen molar-refractivity contribution in [2.45, 2.75) is 0 Å². The highest BCUT2D eigenvalue weighted by Crippen LogP contribution is 1.41. The highest BCUT2D eigenvalue weighted by molar-refractivity contribution is 4.98. The second kappa shape index (κ2) is 2.30. The Morgan fingerprint density at radius 1 is 2.00 bits per heavy atom. The van der Waals surface area contributed by atoms with E-state index in [0.29, 0.717) is 0 Å². The molecule has 0 aromatic rings. The average Bonchev–Trinajstić information content (AvgIpc) is 1.37. The van der Waals surface area contributed by atoms with Crippen LogP contribution in [0.5, 0.6) is 0 Å². The maximum Gasteiger partial charge on any atom is -0.171 e. The lowest BCUT2D eigenvalue weighted by Crippen LogP contribution is -1.23. The van der Waals surface area contributed by atoms with Gasteiger partial charge in [0.05, 0.1) is 0 Å². The average molecular weight is 51.1 g/mol. The molecular weight excluding hydrogens is 48.0 g/mol. The molecule has 4 heavy (non-hydrogen) atoms. The van der Waals surface area contributed by atoms with Crippen molar-refractivity contribution in [1.82, 2.24) is 0 Å². The molecular formula is C4H3-. The Morgan fingerprint density at radius 2 is 2.25 bits per heavy atom. The van der Waals surface area contributed by atoms with Gasteiger partial charge in [-0.3, -0.25) is 5.92 Å². The third-order valence-electron chi connectivity index (χ3n) is 0.102. The van der Waals surface area contributed by atoms with Crippen LogP contribution in [0.2, 0.25) is 0 Å². The van der Waals surface area contributed by atoms with Crippen LogP contribution >= 0.6 is 0 Å². The molecule has 0 rings (SSSR count). The molecule has 0 N–H and O–H groups in total. The molecule has 20 valence electrons. The minimum atomic E-state index is 1.29. The van der Waals surface area contributed by atoms with Crippen molar-refractivity contribution in [3.63, 3.8) is 0 Å². The number of hydrogen-bond acceptors (Lipinski definition) is 0. The van der Waals surface area contributed by atoms with Gasteiger partial charge in [0, 0.05) is 0 Å². The normalized spacial score (nSPS) is 3.75. The van der Waals surface area contributed by atoms with Crippen molar-refractivity contribution in [3.05, 3.63) is 19.1 Å². The maximum atomic E-state index is 6.08. The summed E-state index contributed by atoms with van der Waals surface area (Å²) >= 11 is 0. The molecule has 0 aliphatic rings. The molecule has 0 aromatic heterocycles. The van der Waals surface area contributed by atoms with Crippen LogP contribution in [0.3, 0.4) is 0 Å². The zero-order chi connectivity index (χ0) is 3.41. The minimum Gasteiger partial charge on any atom is -0.366 e. The van der Waals surface area contributed by atoms with E-state index in [0.717, 1.165) is 0 Å². The molecule has 0 radical (unpaired) electrons. The second-order valence-corrected chi connectivity index (χ2v) is 0.348. The number of rotatable bonds is 0. The van der Waals surface area contributed by atoms with Gasteiger partial charge in [-0.1, -0.05) is 0 Å². The number of hydrogen-bond donors (Lipinski definition) is 0. The van der Waals surface area contributed by atoms with Crippen molar-refractivity contribution in [3.8, 4) is 5.92 Å². The van der Waals surface area contributed by atoms with Crippen LogP contribution in [0, 0.1) is 12.3 Å². The largest absolute Gasteiger partial charge is 0.366 e. The summed E-state index contributed by atoms with van der Waals surface area (Å²) < 4.78 is 0. The molecule has 0 spiro atoms. The van der Waals surface area contributed by atoms with Crippen molar-refractivity contribution < 1.29 is 0 Å². The summed E-state index contributed by atoms with van der Waals surface area (Å²) in [5.74, 6) is 1.94. The zero-order valence-electron chi connectivity index (χ0n) is 2.28. The van der Waals surface area contributed by atoms with Gasteiger partial charge in [-0.15, -0.1) is 0 Å². The Bertz CT molecular complexity index is 45.5. The summed E-state index contributed by atoms with van der Waals surface area (Å²) in [5.41, 5.74) is 0. The molecule has 0 unspecified atom stereocenters. The molecule has 0 heterocycles. The summed E-state index contributed by atoms with van der Waals surface area (Å²) in [6.45, 7) is 3.18. The van der Waals surface area contributed by atoms with Crippen LogP contribution in [-0.2, 0) is 0 Å². The smallest absolute Gasteiger partial charge is 0.171 e. The third kappa shape index (κ3) is 1.30. The maximum absolute atomic E-state index is 6.08. The monoisotopic (exact) mass is 51.0 g/mol. The van der Waals surface area contributed by atoms with Crippen molar-refractivity contribution >= 4 is 0 Å². The first-order chi connectivity index (χ1) is 1.91. The van der Waals surface area contributed by atoms with Crippen molar-refractivity contribution in [2.24, 2.45) is 0 Å². The van der Waals surface area contributed by atoms with E-state index in [1.807, 2.05) is 5.92 Å². The first-order valence-electron chi connectivity index (χ1n) is 0.947. The fourth-order valence-corrected chi connectivity index (χ4v) is 0. The van der Waals surface area contributed by atoms with E-state index in [1.54, 1.807) is 0 Å². The SMILES string of the molecule is [C-]#CC=C. The van der Waals surface area contributed by atoms with E-state index in [4.69, 9.17) is 6.42 Å². The van der Waals surface area contributed by atoms with E-state index in [1.165, 1.54) is 6.08 Å². The van der Waals surface area contributed by atoms with E-state index < -0.39 is 0 Å². The summed E-state index contributed by atoms with van der Waals surface area (Å²) in [5, 5.41) is 0. The Morgan fingerprint density at radius 3 is 2.25 bits per heavy atom. The third-order valence-corrected chi connectivity index (χ3v) is 0.102. The van der Waals surface area contributed by atoms with Crippen LogP contribution in [0.1, 0.15) is 0 Å². The van der Waals surface area contributed by atoms with E-state index in [2.05, 4.69) is 6.58 Å². The molecule has 0 aromatic carbocycles. The summed E-state index contributed by atoms with van der Waals surface area (Å²) in [4.78, 5) is 0. The fraction of sp³-hybridized carbons (Fsp3) is 0. The van der Waals surface area contributed by atoms with Crippen molar-refractivity contribution in [1.29, 1.82) is 0 Å². The molecule has 0 saturated carbocycles. The van der Waals surface area contributed by atoms with Gasteiger partial charge < -0.3 is 6.42 Å². The van der Waals surface area contributed by atoms with Crippen LogP contribution in [0.15, 0.2) is 12.7 Å². The van der Waals surface area contributed by atoms with Gasteiger partial charge in [0.1, 0.15) is 0 Å². The standard InChI is InChI=1S/C4H3/c1-3-4-2/h3H,1H2/q-1. The van der Waals surface area contributed by atoms with Crippen LogP contribution in [0.25, 0.3) is 0 Å². The van der Waals surface area contributed by atoms with Gasteiger partial charge in [-0.2, -0.15) is 12.7 Å². The van der Waals surface area contributed by atoms with Crippen LogP contribution in [0.4, 0.5) is 0 Å². The second-order valence-electron chi connectivity index (χ2n) is 0.348. The minimum absolute atomic E-state index is 1.29. The van der Waals surface area contributed by atoms with Gasteiger partial charge in [-0.25, -0.2) is 0 Å². The van der Waals surface area contributed by atoms with E-state index in [-0.39, 0.29) is 0 Å². The summed E-state index contributed by atoms with van der Waals surface area (Å²) in [6.07, 6.45) is 7.38. The molecule has 0 saturated heterocycles. The topological polar surface area (TPSA) is 0 Å². The predicted octanol–water partition coefficient (Wildman–Crippen LogP) is 0.762. The fourth-order valence-electron chi connectivity index (χ4n) is 0. The summed E-state index contributed by atoms with van der Waals surface area (Å²) in [7, 11) is 0. The van der Waals surface area contributed by atoms with E-state index >= 15 is 0 Å². The molecule has 0 fully saturated rings. The zero-order valence-corrected chi connectivity index (χ0v) is 2.28. The molecule has 0 bridgehead atoms. The molecule has 0 aliphatic carbocycles. The molecule has 0 heteroatoms. The highest BCUT2D eigenvalue weighted by Gasteiger charge is 1.09. The Labute approximate surface area is 26.1 Å². The lowest BCUT2D eigenvalue weighted by atomic mass is 10.7. The molecule has 0 nitrogen and oxygen atoms in total. The lowest BCUT2D eigenvalue weighted by molar-refractivity contribution is 2.30. The van der Waals surface area contributed by atoms with Gasteiger partial charge in [0.25, 0.3) is 0 Å². The predicted molar refractivity (Wildman–Crippen MR) is 17.3 cm³/mol. The Hall–Kier alpha value is -0.700. The highest BCUT2D eigenvalue weighted by atomic mass is 13.3. The van der Waals surface area contributed by atoms with Gasteiger partial charge in [0.15, 0.2) is 0 Å². The first kappa shape index (κ1) is 3.30. The molecule has 0 amide bonds. The molecule has 0 atom stereocenters. The van der Waals surface area contributed by atoms with E-state index in [9.17, 15) is 0 Å². The van der Waals surface area contributed by atoms with Crippen LogP contribution < -0.4 is 0 Å². The van der Waals surface area contributed by atoms with Gasteiger partial charge >= 0.3 is 0 Å². The van der Waals surface area contributed by atoms with Gasteiger partial charge in [-0.05, 0) is 0 Å². The van der Waals surface area contributed by atoms with Crippen LogP contribution in [-0.4, -0.2) is 0 Å². The summed E-state index contributed by atoms with van der Waals surface area (Å²) in [6, 6.07) is 0. The Balaban J connectivity index is 2.92. The number of allylic oxidation sites excluding steroid dienone is 1. The van der Waals surface area contributed by atoms with Crippen molar-refractivity contribution in [2.75, 3.05) is 0 Å². The lowest BCUT2D eigenvalue weighted by Gasteiger charge is -1.56.